The van der Waals surface area contributed by atoms with Crippen molar-refractivity contribution < 1.29 is 4.79 Å². The number of hydrogen-bond acceptors (Lipinski definition) is 1. The summed E-state index contributed by atoms with van der Waals surface area (Å²) in [7, 11) is 0. The molecule has 0 saturated heterocycles. The molecule has 3 atom stereocenters. The normalized spacial score (nSPS) is 25.9. The molecule has 0 aliphatic heterocycles. The molecule has 0 spiro atoms. The van der Waals surface area contributed by atoms with Crippen molar-refractivity contribution in [1.29, 1.82) is 0 Å². The minimum absolute atomic E-state index is 0.0212. The Balaban J connectivity index is 2.14. The highest BCUT2D eigenvalue weighted by atomic mass is 79.9. The van der Waals surface area contributed by atoms with Gasteiger partial charge in [0.05, 0.1) is 5.56 Å². The van der Waals surface area contributed by atoms with Gasteiger partial charge in [-0.15, -0.1) is 0 Å². The molecule has 1 N–H and O–H groups in total. The Labute approximate surface area is 144 Å². The summed E-state index contributed by atoms with van der Waals surface area (Å²) < 4.78 is 1.77. The van der Waals surface area contributed by atoms with Crippen molar-refractivity contribution in [2.45, 2.75) is 46.1 Å². The number of benzene rings is 1. The van der Waals surface area contributed by atoms with Crippen LogP contribution >= 0.6 is 31.9 Å². The fourth-order valence-electron chi connectivity index (χ4n) is 3.29. The number of hydrogen-bond donors (Lipinski definition) is 1. The summed E-state index contributed by atoms with van der Waals surface area (Å²) in [5.41, 5.74) is 0.699. The largest absolute Gasteiger partial charge is 0.349 e. The lowest BCUT2D eigenvalue weighted by Gasteiger charge is -2.37. The molecule has 2 rings (SSSR count). The van der Waals surface area contributed by atoms with Gasteiger partial charge in [0, 0.05) is 15.0 Å². The lowest BCUT2D eigenvalue weighted by Crippen LogP contribution is -2.45. The Kier molecular flexibility index (Phi) is 5.89. The molecule has 21 heavy (non-hydrogen) atoms. The monoisotopic (exact) mass is 415 g/mol. The van der Waals surface area contributed by atoms with E-state index in [1.165, 1.54) is 12.8 Å². The number of halogens is 2. The smallest absolute Gasteiger partial charge is 0.252 e. The van der Waals surface area contributed by atoms with Crippen molar-refractivity contribution in [1.82, 2.24) is 5.32 Å². The van der Waals surface area contributed by atoms with Crippen LogP contribution in [0.2, 0.25) is 0 Å². The van der Waals surface area contributed by atoms with Gasteiger partial charge in [-0.05, 0) is 64.7 Å². The van der Waals surface area contributed by atoms with E-state index in [1.807, 2.05) is 18.2 Å². The lowest BCUT2D eigenvalue weighted by molar-refractivity contribution is 0.0867. The fourth-order valence-corrected chi connectivity index (χ4v) is 4.07. The molecule has 2 nitrogen and oxygen atoms in total. The lowest BCUT2D eigenvalue weighted by atomic mass is 9.74. The number of carbonyl (C=O) groups is 1. The first-order valence-electron chi connectivity index (χ1n) is 7.64. The van der Waals surface area contributed by atoms with Gasteiger partial charge >= 0.3 is 0 Å². The topological polar surface area (TPSA) is 29.1 Å². The van der Waals surface area contributed by atoms with E-state index in [9.17, 15) is 4.79 Å². The minimum atomic E-state index is 0.0212. The molecular formula is C17H23Br2NO. The molecule has 1 aliphatic carbocycles. The second-order valence-electron chi connectivity index (χ2n) is 6.53. The van der Waals surface area contributed by atoms with Crippen molar-refractivity contribution in [3.8, 4) is 0 Å². The van der Waals surface area contributed by atoms with Crippen molar-refractivity contribution in [2.24, 2.45) is 17.8 Å². The van der Waals surface area contributed by atoms with Gasteiger partial charge in [0.15, 0.2) is 0 Å². The van der Waals surface area contributed by atoms with Gasteiger partial charge < -0.3 is 5.32 Å². The van der Waals surface area contributed by atoms with Crippen LogP contribution in [0.25, 0.3) is 0 Å². The number of amides is 1. The summed E-state index contributed by atoms with van der Waals surface area (Å²) in [5.74, 6) is 1.90. The summed E-state index contributed by atoms with van der Waals surface area (Å²) in [6.07, 6.45) is 3.57. The predicted octanol–water partition coefficient (Wildman–Crippen LogP) is 5.40. The maximum absolute atomic E-state index is 12.6. The van der Waals surface area contributed by atoms with Crippen LogP contribution in [0.1, 0.15) is 50.4 Å². The highest BCUT2D eigenvalue weighted by molar-refractivity contribution is 9.11. The highest BCUT2D eigenvalue weighted by Crippen LogP contribution is 2.34. The maximum atomic E-state index is 12.6. The molecular weight excluding hydrogens is 394 g/mol. The summed E-state index contributed by atoms with van der Waals surface area (Å²) in [4.78, 5) is 12.6. The zero-order chi connectivity index (χ0) is 15.6. The van der Waals surface area contributed by atoms with Crippen molar-refractivity contribution in [2.75, 3.05) is 0 Å². The fraction of sp³-hybridized carbons (Fsp3) is 0.588. The molecule has 1 saturated carbocycles. The highest BCUT2D eigenvalue weighted by Gasteiger charge is 2.32. The van der Waals surface area contributed by atoms with Crippen LogP contribution in [-0.2, 0) is 0 Å². The second-order valence-corrected chi connectivity index (χ2v) is 8.30. The van der Waals surface area contributed by atoms with E-state index in [0.717, 1.165) is 15.4 Å². The Morgan fingerprint density at radius 2 is 2.00 bits per heavy atom. The van der Waals surface area contributed by atoms with Gasteiger partial charge in [0.25, 0.3) is 5.91 Å². The molecule has 0 radical (unpaired) electrons. The van der Waals surface area contributed by atoms with Gasteiger partial charge in [-0.1, -0.05) is 43.1 Å². The van der Waals surface area contributed by atoms with E-state index in [4.69, 9.17) is 0 Å². The average molecular weight is 417 g/mol. The number of carbonyl (C=O) groups excluding carboxylic acids is 1. The summed E-state index contributed by atoms with van der Waals surface area (Å²) in [5, 5.41) is 3.28. The molecule has 0 aromatic heterocycles. The molecule has 1 aliphatic rings. The van der Waals surface area contributed by atoms with E-state index in [-0.39, 0.29) is 11.9 Å². The van der Waals surface area contributed by atoms with Gasteiger partial charge in [0.2, 0.25) is 0 Å². The van der Waals surface area contributed by atoms with Gasteiger partial charge in [-0.2, -0.15) is 0 Å². The van der Waals surface area contributed by atoms with Crippen molar-refractivity contribution >= 4 is 37.8 Å². The van der Waals surface area contributed by atoms with Crippen LogP contribution < -0.4 is 5.32 Å². The molecule has 1 aromatic carbocycles. The third kappa shape index (κ3) is 4.32. The van der Waals surface area contributed by atoms with Crippen LogP contribution in [0.5, 0.6) is 0 Å². The minimum Gasteiger partial charge on any atom is -0.349 e. The Hall–Kier alpha value is -0.350. The zero-order valence-corrected chi connectivity index (χ0v) is 16.0. The van der Waals surface area contributed by atoms with Crippen molar-refractivity contribution in [3.63, 3.8) is 0 Å². The first kappa shape index (κ1) is 17.0. The van der Waals surface area contributed by atoms with Gasteiger partial charge in [-0.3, -0.25) is 4.79 Å². The van der Waals surface area contributed by atoms with E-state index >= 15 is 0 Å². The molecule has 0 heterocycles. The standard InChI is InChI=1S/C17H23Br2NO/c1-10(2)13-6-4-11(3)8-16(13)20-17(21)14-9-12(18)5-7-15(14)19/h5,7,9-11,13,16H,4,6,8H2,1-3H3,(H,20,21). The first-order chi connectivity index (χ1) is 9.88. The first-order valence-corrected chi connectivity index (χ1v) is 9.23. The Morgan fingerprint density at radius 3 is 2.67 bits per heavy atom. The molecule has 116 valence electrons. The van der Waals surface area contributed by atoms with E-state index in [1.54, 1.807) is 0 Å². The van der Waals surface area contributed by atoms with Gasteiger partial charge in [-0.25, -0.2) is 0 Å². The van der Waals surface area contributed by atoms with Gasteiger partial charge in [0.1, 0.15) is 0 Å². The van der Waals surface area contributed by atoms with Crippen LogP contribution in [0, 0.1) is 17.8 Å². The SMILES string of the molecule is CC1CCC(C(C)C)C(NC(=O)c2cc(Br)ccc2Br)C1. The molecule has 0 bridgehead atoms. The Morgan fingerprint density at radius 1 is 1.29 bits per heavy atom. The van der Waals surface area contributed by atoms with E-state index in [2.05, 4.69) is 57.9 Å². The second kappa shape index (κ2) is 7.28. The number of rotatable bonds is 3. The van der Waals surface area contributed by atoms with Crippen LogP contribution in [0.4, 0.5) is 0 Å². The predicted molar refractivity (Wildman–Crippen MR) is 94.4 cm³/mol. The quantitative estimate of drug-likeness (QED) is 0.701. The summed E-state index contributed by atoms with van der Waals surface area (Å²) in [6, 6.07) is 5.99. The van der Waals surface area contributed by atoms with Crippen LogP contribution in [0.15, 0.2) is 27.1 Å². The van der Waals surface area contributed by atoms with E-state index < -0.39 is 0 Å². The summed E-state index contributed by atoms with van der Waals surface area (Å²) >= 11 is 6.90. The van der Waals surface area contributed by atoms with Crippen LogP contribution in [-0.4, -0.2) is 11.9 Å². The molecule has 4 heteroatoms. The molecule has 3 unspecified atom stereocenters. The Bertz CT molecular complexity index is 516. The third-order valence-electron chi connectivity index (χ3n) is 4.51. The third-order valence-corrected chi connectivity index (χ3v) is 5.70. The number of nitrogens with one attached hydrogen (secondary N) is 1. The molecule has 1 amide bonds. The summed E-state index contributed by atoms with van der Waals surface area (Å²) in [6.45, 7) is 6.80. The average Bonchev–Trinajstić information content (AvgIpc) is 2.41. The van der Waals surface area contributed by atoms with E-state index in [0.29, 0.717) is 23.3 Å². The van der Waals surface area contributed by atoms with Crippen LogP contribution in [0.3, 0.4) is 0 Å². The molecule has 1 aromatic rings. The zero-order valence-electron chi connectivity index (χ0n) is 12.8. The van der Waals surface area contributed by atoms with Crippen molar-refractivity contribution in [3.05, 3.63) is 32.7 Å². The molecule has 1 fully saturated rings. The maximum Gasteiger partial charge on any atom is 0.252 e.